The maximum atomic E-state index is 5.34. The number of ether oxygens (including phenoxy) is 2. The Balaban J connectivity index is 2.40. The fraction of sp³-hybridized carbons (Fsp3) is 1.00. The first-order valence-corrected chi connectivity index (χ1v) is 3.78. The molecule has 0 N–H and O–H groups in total. The summed E-state index contributed by atoms with van der Waals surface area (Å²) in [5.41, 5.74) is 0.402. The number of rotatable bonds is 1. The van der Waals surface area contributed by atoms with Gasteiger partial charge in [-0.2, -0.15) is 0 Å². The lowest BCUT2D eigenvalue weighted by Gasteiger charge is -2.34. The first-order valence-electron chi connectivity index (χ1n) is 3.78. The summed E-state index contributed by atoms with van der Waals surface area (Å²) in [5, 5.41) is 0. The first kappa shape index (κ1) is 8.02. The molecule has 0 aliphatic carbocycles. The van der Waals surface area contributed by atoms with Crippen LogP contribution in [0.5, 0.6) is 0 Å². The van der Waals surface area contributed by atoms with Crippen LogP contribution in [-0.4, -0.2) is 20.0 Å². The van der Waals surface area contributed by atoms with Gasteiger partial charge in [-0.05, 0) is 11.8 Å². The van der Waals surface area contributed by atoms with Crippen LogP contribution in [0.3, 0.4) is 0 Å². The largest absolute Gasteiger partial charge is 0.356 e. The quantitative estimate of drug-likeness (QED) is 0.558. The lowest BCUT2D eigenvalue weighted by molar-refractivity contribution is -0.172. The molecular formula is C8H16O2. The lowest BCUT2D eigenvalue weighted by Crippen LogP contribution is -2.32. The van der Waals surface area contributed by atoms with Crippen molar-refractivity contribution in [1.29, 1.82) is 0 Å². The third-order valence-corrected chi connectivity index (χ3v) is 2.06. The van der Waals surface area contributed by atoms with E-state index in [0.717, 1.165) is 19.4 Å². The van der Waals surface area contributed by atoms with Gasteiger partial charge in [0.1, 0.15) is 0 Å². The van der Waals surface area contributed by atoms with Crippen LogP contribution in [0, 0.1) is 5.41 Å². The van der Waals surface area contributed by atoms with Crippen molar-refractivity contribution < 1.29 is 9.47 Å². The van der Waals surface area contributed by atoms with Crippen LogP contribution >= 0.6 is 0 Å². The molecule has 2 nitrogen and oxygen atoms in total. The molecule has 0 aromatic heterocycles. The Morgan fingerprint density at radius 3 is 2.60 bits per heavy atom. The van der Waals surface area contributed by atoms with Crippen molar-refractivity contribution in [3.63, 3.8) is 0 Å². The van der Waals surface area contributed by atoms with Crippen LogP contribution in [-0.2, 0) is 9.47 Å². The average Bonchev–Trinajstić information content (AvgIpc) is 1.86. The normalized spacial score (nSPS) is 32.1. The topological polar surface area (TPSA) is 18.5 Å². The molecule has 1 heterocycles. The molecule has 0 aromatic rings. The molecule has 0 spiro atoms. The zero-order valence-electron chi connectivity index (χ0n) is 7.02. The number of hydrogen-bond acceptors (Lipinski definition) is 2. The van der Waals surface area contributed by atoms with Gasteiger partial charge < -0.3 is 9.47 Å². The van der Waals surface area contributed by atoms with Gasteiger partial charge in [-0.25, -0.2) is 0 Å². The summed E-state index contributed by atoms with van der Waals surface area (Å²) in [5.74, 6) is 0. The van der Waals surface area contributed by atoms with E-state index < -0.39 is 0 Å². The van der Waals surface area contributed by atoms with Gasteiger partial charge in [-0.3, -0.25) is 0 Å². The van der Waals surface area contributed by atoms with E-state index in [1.165, 1.54) is 0 Å². The molecule has 1 rings (SSSR count). The summed E-state index contributed by atoms with van der Waals surface area (Å²) in [7, 11) is 1.70. The van der Waals surface area contributed by atoms with Crippen molar-refractivity contribution in [1.82, 2.24) is 0 Å². The summed E-state index contributed by atoms with van der Waals surface area (Å²) in [6.45, 7) is 5.34. The number of hydrogen-bond donors (Lipinski definition) is 0. The maximum absolute atomic E-state index is 5.34. The highest BCUT2D eigenvalue weighted by Crippen LogP contribution is 2.31. The molecule has 1 saturated heterocycles. The highest BCUT2D eigenvalue weighted by Gasteiger charge is 2.28. The predicted molar refractivity (Wildman–Crippen MR) is 39.8 cm³/mol. The third-order valence-electron chi connectivity index (χ3n) is 2.06. The molecule has 1 aliphatic rings. The average molecular weight is 144 g/mol. The Bertz CT molecular complexity index is 110. The van der Waals surface area contributed by atoms with Gasteiger partial charge in [-0.15, -0.1) is 0 Å². The molecule has 10 heavy (non-hydrogen) atoms. The molecule has 0 amide bonds. The van der Waals surface area contributed by atoms with Gasteiger partial charge in [0.05, 0.1) is 6.61 Å². The van der Waals surface area contributed by atoms with E-state index in [0.29, 0.717) is 5.41 Å². The van der Waals surface area contributed by atoms with Crippen LogP contribution in [0.2, 0.25) is 0 Å². The SMILES string of the molecule is CO[C@@H]1CC(C)(C)CCO1. The van der Waals surface area contributed by atoms with Gasteiger partial charge in [0.25, 0.3) is 0 Å². The summed E-state index contributed by atoms with van der Waals surface area (Å²) in [6, 6.07) is 0. The first-order chi connectivity index (χ1) is 4.64. The molecule has 1 fully saturated rings. The second-order valence-electron chi connectivity index (χ2n) is 3.65. The van der Waals surface area contributed by atoms with E-state index in [-0.39, 0.29) is 6.29 Å². The standard InChI is InChI=1S/C8H16O2/c1-8(2)4-5-10-7(6-8)9-3/h7H,4-6H2,1-3H3/t7-/m0/s1. The van der Waals surface area contributed by atoms with Crippen molar-refractivity contribution >= 4 is 0 Å². The summed E-state index contributed by atoms with van der Waals surface area (Å²) < 4.78 is 10.4. The van der Waals surface area contributed by atoms with Crippen LogP contribution in [0.1, 0.15) is 26.7 Å². The Morgan fingerprint density at radius 1 is 1.50 bits per heavy atom. The van der Waals surface area contributed by atoms with Crippen molar-refractivity contribution in [3.05, 3.63) is 0 Å². The molecule has 0 saturated carbocycles. The van der Waals surface area contributed by atoms with Crippen LogP contribution in [0.15, 0.2) is 0 Å². The number of methoxy groups -OCH3 is 1. The van der Waals surface area contributed by atoms with Crippen molar-refractivity contribution in [2.75, 3.05) is 13.7 Å². The minimum atomic E-state index is 0.0312. The van der Waals surface area contributed by atoms with E-state index in [1.807, 2.05) is 0 Å². The summed E-state index contributed by atoms with van der Waals surface area (Å²) >= 11 is 0. The second-order valence-corrected chi connectivity index (χ2v) is 3.65. The Labute approximate surface area is 62.5 Å². The van der Waals surface area contributed by atoms with E-state index in [4.69, 9.17) is 9.47 Å². The molecule has 0 aromatic carbocycles. The molecular weight excluding hydrogens is 128 g/mol. The fourth-order valence-electron chi connectivity index (χ4n) is 1.23. The van der Waals surface area contributed by atoms with Crippen LogP contribution < -0.4 is 0 Å². The Kier molecular flexibility index (Phi) is 2.32. The molecule has 60 valence electrons. The van der Waals surface area contributed by atoms with Crippen LogP contribution in [0.25, 0.3) is 0 Å². The molecule has 1 aliphatic heterocycles. The van der Waals surface area contributed by atoms with E-state index >= 15 is 0 Å². The summed E-state index contributed by atoms with van der Waals surface area (Å²) in [6.07, 6.45) is 2.19. The van der Waals surface area contributed by atoms with Gasteiger partial charge in [-0.1, -0.05) is 13.8 Å². The highest BCUT2D eigenvalue weighted by molar-refractivity contribution is 4.73. The Hall–Kier alpha value is -0.0800. The molecule has 1 atom stereocenters. The zero-order valence-corrected chi connectivity index (χ0v) is 7.02. The van der Waals surface area contributed by atoms with Crippen molar-refractivity contribution in [3.8, 4) is 0 Å². The fourth-order valence-corrected chi connectivity index (χ4v) is 1.23. The van der Waals surface area contributed by atoms with Gasteiger partial charge in [0.2, 0.25) is 0 Å². The van der Waals surface area contributed by atoms with E-state index in [1.54, 1.807) is 7.11 Å². The monoisotopic (exact) mass is 144 g/mol. The van der Waals surface area contributed by atoms with Crippen molar-refractivity contribution in [2.45, 2.75) is 33.0 Å². The minimum Gasteiger partial charge on any atom is -0.356 e. The summed E-state index contributed by atoms with van der Waals surface area (Å²) in [4.78, 5) is 0. The highest BCUT2D eigenvalue weighted by atomic mass is 16.7. The Morgan fingerprint density at radius 2 is 2.20 bits per heavy atom. The van der Waals surface area contributed by atoms with Gasteiger partial charge in [0, 0.05) is 13.5 Å². The third kappa shape index (κ3) is 1.96. The van der Waals surface area contributed by atoms with Crippen LogP contribution in [0.4, 0.5) is 0 Å². The lowest BCUT2D eigenvalue weighted by atomic mass is 9.84. The molecule has 0 unspecified atom stereocenters. The maximum Gasteiger partial charge on any atom is 0.157 e. The predicted octanol–water partition coefficient (Wildman–Crippen LogP) is 1.80. The molecule has 2 heteroatoms. The van der Waals surface area contributed by atoms with Gasteiger partial charge >= 0.3 is 0 Å². The van der Waals surface area contributed by atoms with E-state index in [2.05, 4.69) is 13.8 Å². The molecule has 0 radical (unpaired) electrons. The van der Waals surface area contributed by atoms with Gasteiger partial charge in [0.15, 0.2) is 6.29 Å². The molecule has 0 bridgehead atoms. The zero-order chi connectivity index (χ0) is 7.61. The minimum absolute atomic E-state index is 0.0312. The van der Waals surface area contributed by atoms with Crippen molar-refractivity contribution in [2.24, 2.45) is 5.41 Å². The van der Waals surface area contributed by atoms with E-state index in [9.17, 15) is 0 Å². The smallest absolute Gasteiger partial charge is 0.157 e. The second kappa shape index (κ2) is 2.89.